The van der Waals surface area contributed by atoms with Crippen molar-refractivity contribution < 1.29 is 36.2 Å². The second-order valence-electron chi connectivity index (χ2n) is 8.25. The molecule has 38 heavy (non-hydrogen) atoms. The van der Waals surface area contributed by atoms with Crippen LogP contribution in [-0.4, -0.2) is 33.5 Å². The standard InChI is InChI=1S/C24H21Br2F3N2O5S.ClH/c1-35-23-18(25)8-13(9-19(23)26)10-20-17-12-21(22(32)11-14(17)6-7-30-20)31-37(33,34)16-4-2-15(3-5-16)36-24(27,28)29;/h2-5,8-9,11-12,20,30-32H,6-7,10H2,1H3;1H. The van der Waals surface area contributed by atoms with Crippen LogP contribution in [0.5, 0.6) is 17.2 Å². The van der Waals surface area contributed by atoms with E-state index in [9.17, 15) is 26.7 Å². The molecule has 7 nitrogen and oxygen atoms in total. The molecule has 0 radical (unpaired) electrons. The molecule has 3 aromatic carbocycles. The Morgan fingerprint density at radius 1 is 1.11 bits per heavy atom. The predicted octanol–water partition coefficient (Wildman–Crippen LogP) is 6.48. The number of halogens is 6. The third-order valence-corrected chi connectivity index (χ3v) is 8.29. The van der Waals surface area contributed by atoms with Gasteiger partial charge in [-0.25, -0.2) is 8.42 Å². The molecule has 0 bridgehead atoms. The maximum atomic E-state index is 12.9. The van der Waals surface area contributed by atoms with Crippen LogP contribution in [0.15, 0.2) is 62.4 Å². The topological polar surface area (TPSA) is 96.9 Å². The number of fused-ring (bicyclic) bond motifs is 1. The molecule has 14 heteroatoms. The van der Waals surface area contributed by atoms with Crippen molar-refractivity contribution in [1.29, 1.82) is 0 Å². The number of methoxy groups -OCH3 is 1. The van der Waals surface area contributed by atoms with E-state index in [2.05, 4.69) is 46.6 Å². The molecule has 1 aliphatic heterocycles. The summed E-state index contributed by atoms with van der Waals surface area (Å²) in [5.41, 5.74) is 2.64. The Kier molecular flexibility index (Phi) is 9.51. The van der Waals surface area contributed by atoms with Crippen molar-refractivity contribution in [3.05, 3.63) is 74.2 Å². The lowest BCUT2D eigenvalue weighted by atomic mass is 9.89. The summed E-state index contributed by atoms with van der Waals surface area (Å²) in [5.74, 6) is -0.135. The van der Waals surface area contributed by atoms with E-state index in [-0.39, 0.29) is 34.8 Å². The van der Waals surface area contributed by atoms with Crippen molar-refractivity contribution >= 4 is 60.0 Å². The highest BCUT2D eigenvalue weighted by molar-refractivity contribution is 9.11. The number of aromatic hydroxyl groups is 1. The molecule has 1 atom stereocenters. The molecule has 0 spiro atoms. The summed E-state index contributed by atoms with van der Waals surface area (Å²) < 4.78 is 76.0. The van der Waals surface area contributed by atoms with E-state index in [4.69, 9.17) is 4.74 Å². The molecule has 1 unspecified atom stereocenters. The van der Waals surface area contributed by atoms with Gasteiger partial charge in [0.1, 0.15) is 17.2 Å². The second-order valence-corrected chi connectivity index (χ2v) is 11.6. The number of ether oxygens (including phenoxy) is 2. The van der Waals surface area contributed by atoms with E-state index in [0.29, 0.717) is 25.1 Å². The zero-order valence-electron chi connectivity index (χ0n) is 19.6. The van der Waals surface area contributed by atoms with Crippen molar-refractivity contribution in [3.63, 3.8) is 0 Å². The van der Waals surface area contributed by atoms with Crippen LogP contribution in [0.25, 0.3) is 0 Å². The van der Waals surface area contributed by atoms with Gasteiger partial charge in [0, 0.05) is 6.04 Å². The van der Waals surface area contributed by atoms with Gasteiger partial charge in [0.25, 0.3) is 10.0 Å². The molecular weight excluding hydrogens is 681 g/mol. The molecule has 0 saturated carbocycles. The molecule has 1 heterocycles. The smallest absolute Gasteiger partial charge is 0.506 e. The highest BCUT2D eigenvalue weighted by atomic mass is 79.9. The van der Waals surface area contributed by atoms with Gasteiger partial charge in [0.2, 0.25) is 0 Å². The van der Waals surface area contributed by atoms with Gasteiger partial charge in [-0.2, -0.15) is 0 Å². The lowest BCUT2D eigenvalue weighted by Gasteiger charge is -2.28. The van der Waals surface area contributed by atoms with Crippen molar-refractivity contribution in [3.8, 4) is 17.2 Å². The largest absolute Gasteiger partial charge is 0.573 e. The van der Waals surface area contributed by atoms with Crippen molar-refractivity contribution in [2.24, 2.45) is 0 Å². The Morgan fingerprint density at radius 3 is 2.32 bits per heavy atom. The molecule has 0 amide bonds. The summed E-state index contributed by atoms with van der Waals surface area (Å²) in [6.07, 6.45) is -3.68. The van der Waals surface area contributed by atoms with Crippen molar-refractivity contribution in [1.82, 2.24) is 5.32 Å². The van der Waals surface area contributed by atoms with Gasteiger partial charge >= 0.3 is 6.36 Å². The summed E-state index contributed by atoms with van der Waals surface area (Å²) in [4.78, 5) is -0.290. The number of sulfonamides is 1. The number of benzene rings is 3. The van der Waals surface area contributed by atoms with Crippen LogP contribution in [0.2, 0.25) is 0 Å². The van der Waals surface area contributed by atoms with Gasteiger partial charge in [-0.3, -0.25) is 4.72 Å². The minimum atomic E-state index is -4.89. The lowest BCUT2D eigenvalue weighted by molar-refractivity contribution is -0.274. The second kappa shape index (κ2) is 11.9. The minimum Gasteiger partial charge on any atom is -0.506 e. The first-order valence-corrected chi connectivity index (χ1v) is 13.9. The Labute approximate surface area is 240 Å². The number of rotatable bonds is 7. The third-order valence-electron chi connectivity index (χ3n) is 5.73. The number of hydrogen-bond acceptors (Lipinski definition) is 6. The molecule has 0 fully saturated rings. The molecule has 3 N–H and O–H groups in total. The number of nitrogens with one attached hydrogen (secondary N) is 2. The Balaban J connectivity index is 0.00000400. The highest BCUT2D eigenvalue weighted by Gasteiger charge is 2.31. The average Bonchev–Trinajstić information content (AvgIpc) is 2.79. The van der Waals surface area contributed by atoms with Gasteiger partial charge in [-0.1, -0.05) is 0 Å². The molecule has 1 aliphatic rings. The summed E-state index contributed by atoms with van der Waals surface area (Å²) >= 11 is 7.00. The van der Waals surface area contributed by atoms with Crippen LogP contribution >= 0.6 is 44.3 Å². The van der Waals surface area contributed by atoms with Gasteiger partial charge < -0.3 is 19.9 Å². The van der Waals surface area contributed by atoms with E-state index < -0.39 is 22.1 Å². The number of hydrogen-bond donors (Lipinski definition) is 3. The first-order chi connectivity index (χ1) is 17.4. The molecule has 0 aliphatic carbocycles. The number of phenolic OH excluding ortho intramolecular Hbond substituents is 1. The highest BCUT2D eigenvalue weighted by Crippen LogP contribution is 2.38. The van der Waals surface area contributed by atoms with Gasteiger partial charge in [-0.05, 0) is 116 Å². The summed E-state index contributed by atoms with van der Waals surface area (Å²) in [6.45, 7) is 0.674. The SMILES string of the molecule is COc1c(Br)cc(CC2NCCc3cc(O)c(NS(=O)(=O)c4ccc(OC(F)(F)F)cc4)cc32)cc1Br.Cl. The first kappa shape index (κ1) is 30.4. The maximum absolute atomic E-state index is 12.9. The summed E-state index contributed by atoms with van der Waals surface area (Å²) in [7, 11) is -2.64. The van der Waals surface area contributed by atoms with E-state index in [1.807, 2.05) is 12.1 Å². The van der Waals surface area contributed by atoms with Crippen LogP contribution in [0.1, 0.15) is 22.7 Å². The summed E-state index contributed by atoms with van der Waals surface area (Å²) in [6, 6.07) is 10.6. The van der Waals surface area contributed by atoms with Gasteiger partial charge in [-0.15, -0.1) is 25.6 Å². The van der Waals surface area contributed by atoms with Crippen LogP contribution in [0, 0.1) is 0 Å². The van der Waals surface area contributed by atoms with E-state index in [1.165, 1.54) is 6.07 Å². The van der Waals surface area contributed by atoms with E-state index in [0.717, 1.165) is 49.9 Å². The minimum absolute atomic E-state index is 0. The van der Waals surface area contributed by atoms with Crippen LogP contribution in [0.4, 0.5) is 18.9 Å². The average molecular weight is 703 g/mol. The summed E-state index contributed by atoms with van der Waals surface area (Å²) in [5, 5.41) is 14.0. The molecule has 0 aromatic heterocycles. The first-order valence-electron chi connectivity index (χ1n) is 10.9. The fourth-order valence-corrected chi connectivity index (χ4v) is 6.80. The predicted molar refractivity (Wildman–Crippen MR) is 146 cm³/mol. The molecule has 0 saturated heterocycles. The van der Waals surface area contributed by atoms with E-state index in [1.54, 1.807) is 13.2 Å². The van der Waals surface area contributed by atoms with Crippen molar-refractivity contribution in [2.75, 3.05) is 18.4 Å². The van der Waals surface area contributed by atoms with Crippen LogP contribution in [0.3, 0.4) is 0 Å². The monoisotopic (exact) mass is 700 g/mol. The molecule has 206 valence electrons. The van der Waals surface area contributed by atoms with E-state index >= 15 is 0 Å². The fraction of sp³-hybridized carbons (Fsp3) is 0.250. The molecular formula is C24H22Br2ClF3N2O5S. The molecule has 4 rings (SSSR count). The van der Waals surface area contributed by atoms with Gasteiger partial charge in [0.15, 0.2) is 0 Å². The third kappa shape index (κ3) is 7.06. The van der Waals surface area contributed by atoms with Crippen LogP contribution in [-0.2, 0) is 22.9 Å². The quantitative estimate of drug-likeness (QED) is 0.244. The Morgan fingerprint density at radius 2 is 1.74 bits per heavy atom. The van der Waals surface area contributed by atoms with Gasteiger partial charge in [0.05, 0.1) is 26.6 Å². The number of alkyl halides is 3. The van der Waals surface area contributed by atoms with Crippen molar-refractivity contribution in [2.45, 2.75) is 30.1 Å². The Bertz CT molecular complexity index is 1400. The number of anilines is 1. The maximum Gasteiger partial charge on any atom is 0.573 e. The Hall–Kier alpha value is -2.19. The normalized spacial score (nSPS) is 15.3. The lowest BCUT2D eigenvalue weighted by Crippen LogP contribution is -2.31. The number of phenols is 1. The zero-order chi connectivity index (χ0) is 27.0. The van der Waals surface area contributed by atoms with Crippen LogP contribution < -0.4 is 19.5 Å². The zero-order valence-corrected chi connectivity index (χ0v) is 24.4. The molecule has 3 aromatic rings. The fourth-order valence-electron chi connectivity index (χ4n) is 4.13.